The molecule has 0 spiro atoms. The van der Waals surface area contributed by atoms with Gasteiger partial charge in [0.25, 0.3) is 5.56 Å². The molecule has 4 rings (SSSR count). The van der Waals surface area contributed by atoms with Crippen LogP contribution in [-0.2, 0) is 17.6 Å². The van der Waals surface area contributed by atoms with E-state index in [-0.39, 0.29) is 12.0 Å². The lowest BCUT2D eigenvalue weighted by Gasteiger charge is -2.15. The largest absolute Gasteiger partial charge is 0.280 e. The summed E-state index contributed by atoms with van der Waals surface area (Å²) in [6.45, 7) is 1.87. The maximum absolute atomic E-state index is 13.4. The third-order valence-electron chi connectivity index (χ3n) is 4.86. The van der Waals surface area contributed by atoms with Crippen LogP contribution in [0.15, 0.2) is 77.6 Å². The smallest absolute Gasteiger partial charge is 0.273 e. The monoisotopic (exact) mass is 401 g/mol. The first-order valence-electron chi connectivity index (χ1n) is 9.71. The van der Waals surface area contributed by atoms with Gasteiger partial charge in [-0.2, -0.15) is 0 Å². The number of nitrogens with one attached hydrogen (secondary N) is 1. The number of para-hydroxylation sites is 1. The molecule has 0 aliphatic carbocycles. The molecular weight excluding hydrogens is 381 g/mol. The summed E-state index contributed by atoms with van der Waals surface area (Å²) in [5, 5.41) is 0.416. The van der Waals surface area contributed by atoms with Crippen molar-refractivity contribution in [2.24, 2.45) is 0 Å². The molecule has 0 saturated heterocycles. The van der Waals surface area contributed by atoms with E-state index in [0.717, 1.165) is 11.1 Å². The molecular formula is C24H20FN3O2. The van der Waals surface area contributed by atoms with E-state index >= 15 is 0 Å². The second-order valence-corrected chi connectivity index (χ2v) is 6.93. The molecule has 0 aliphatic heterocycles. The average Bonchev–Trinajstić information content (AvgIpc) is 2.75. The molecule has 6 heteroatoms. The zero-order valence-electron chi connectivity index (χ0n) is 16.4. The molecule has 0 bridgehead atoms. The molecule has 0 aliphatic rings. The van der Waals surface area contributed by atoms with E-state index in [1.165, 1.54) is 16.8 Å². The number of hydrogen-bond donors (Lipinski definition) is 1. The number of amides is 1. The SMILES string of the molecule is CCc1nc2c(-c3ccccc3)cccc2c(=O)n1NC(=O)Cc1cccc(F)c1. The summed E-state index contributed by atoms with van der Waals surface area (Å²) in [6, 6.07) is 21.0. The molecule has 1 amide bonds. The summed E-state index contributed by atoms with van der Waals surface area (Å²) in [4.78, 5) is 30.4. The van der Waals surface area contributed by atoms with E-state index in [2.05, 4.69) is 5.43 Å². The average molecular weight is 401 g/mol. The molecule has 0 atom stereocenters. The Bertz CT molecular complexity index is 1280. The Morgan fingerprint density at radius 1 is 1.03 bits per heavy atom. The Kier molecular flexibility index (Phi) is 5.39. The van der Waals surface area contributed by atoms with E-state index < -0.39 is 11.7 Å². The molecule has 5 nitrogen and oxygen atoms in total. The van der Waals surface area contributed by atoms with Crippen molar-refractivity contribution < 1.29 is 9.18 Å². The molecule has 30 heavy (non-hydrogen) atoms. The van der Waals surface area contributed by atoms with Crippen molar-refractivity contribution in [2.75, 3.05) is 5.43 Å². The van der Waals surface area contributed by atoms with E-state index in [0.29, 0.717) is 28.7 Å². The second kappa shape index (κ2) is 8.29. The summed E-state index contributed by atoms with van der Waals surface area (Å²) in [6.07, 6.45) is 0.407. The Morgan fingerprint density at radius 3 is 2.53 bits per heavy atom. The van der Waals surface area contributed by atoms with Crippen LogP contribution < -0.4 is 11.0 Å². The van der Waals surface area contributed by atoms with Gasteiger partial charge in [-0.15, -0.1) is 0 Å². The highest BCUT2D eigenvalue weighted by Crippen LogP contribution is 2.25. The van der Waals surface area contributed by atoms with Crippen LogP contribution in [0, 0.1) is 5.82 Å². The van der Waals surface area contributed by atoms with Gasteiger partial charge < -0.3 is 0 Å². The molecule has 0 unspecified atom stereocenters. The predicted molar refractivity (Wildman–Crippen MR) is 115 cm³/mol. The van der Waals surface area contributed by atoms with Crippen molar-refractivity contribution >= 4 is 16.8 Å². The van der Waals surface area contributed by atoms with Gasteiger partial charge in [-0.1, -0.05) is 61.5 Å². The molecule has 0 saturated carbocycles. The van der Waals surface area contributed by atoms with Crippen LogP contribution in [0.2, 0.25) is 0 Å². The van der Waals surface area contributed by atoms with Crippen LogP contribution in [0.4, 0.5) is 4.39 Å². The number of rotatable bonds is 5. The highest BCUT2D eigenvalue weighted by atomic mass is 19.1. The summed E-state index contributed by atoms with van der Waals surface area (Å²) >= 11 is 0. The lowest BCUT2D eigenvalue weighted by molar-refractivity contribution is -0.116. The molecule has 0 fully saturated rings. The minimum Gasteiger partial charge on any atom is -0.273 e. The van der Waals surface area contributed by atoms with Gasteiger partial charge in [0.15, 0.2) is 0 Å². The maximum Gasteiger partial charge on any atom is 0.280 e. The second-order valence-electron chi connectivity index (χ2n) is 6.93. The maximum atomic E-state index is 13.4. The van der Waals surface area contributed by atoms with Gasteiger partial charge in [0.05, 0.1) is 17.3 Å². The van der Waals surface area contributed by atoms with Gasteiger partial charge in [0, 0.05) is 12.0 Å². The number of hydrogen-bond acceptors (Lipinski definition) is 3. The van der Waals surface area contributed by atoms with E-state index in [4.69, 9.17) is 4.98 Å². The van der Waals surface area contributed by atoms with Crippen LogP contribution >= 0.6 is 0 Å². The molecule has 1 heterocycles. The number of nitrogens with zero attached hydrogens (tertiary/aromatic N) is 2. The number of fused-ring (bicyclic) bond motifs is 1. The Hall–Kier alpha value is -3.80. The Balaban J connectivity index is 1.75. The minimum absolute atomic E-state index is 0.0462. The van der Waals surface area contributed by atoms with E-state index in [1.807, 2.05) is 43.3 Å². The first kappa shape index (κ1) is 19.5. The van der Waals surface area contributed by atoms with Crippen LogP contribution in [0.5, 0.6) is 0 Å². The molecule has 3 aromatic carbocycles. The first-order chi connectivity index (χ1) is 14.6. The fraction of sp³-hybridized carbons (Fsp3) is 0.125. The van der Waals surface area contributed by atoms with Gasteiger partial charge in [0.1, 0.15) is 11.6 Å². The number of aromatic nitrogens is 2. The summed E-state index contributed by atoms with van der Waals surface area (Å²) in [5.41, 5.74) is 5.23. The minimum atomic E-state index is -0.419. The molecule has 4 aromatic rings. The highest BCUT2D eigenvalue weighted by molar-refractivity contribution is 5.93. The predicted octanol–water partition coefficient (Wildman–Crippen LogP) is 4.08. The number of aryl methyl sites for hydroxylation is 1. The van der Waals surface area contributed by atoms with Crippen LogP contribution in [0.25, 0.3) is 22.0 Å². The summed E-state index contributed by atoms with van der Waals surface area (Å²) in [5.74, 6) is -0.381. The zero-order valence-corrected chi connectivity index (χ0v) is 16.4. The first-order valence-corrected chi connectivity index (χ1v) is 9.71. The van der Waals surface area contributed by atoms with Crippen LogP contribution in [0.1, 0.15) is 18.3 Å². The van der Waals surface area contributed by atoms with Crippen molar-refractivity contribution in [1.82, 2.24) is 9.66 Å². The number of carbonyl (C=O) groups excluding carboxylic acids is 1. The van der Waals surface area contributed by atoms with Gasteiger partial charge in [-0.3, -0.25) is 15.0 Å². The van der Waals surface area contributed by atoms with Crippen molar-refractivity contribution in [2.45, 2.75) is 19.8 Å². The lowest BCUT2D eigenvalue weighted by Crippen LogP contribution is -2.37. The van der Waals surface area contributed by atoms with Crippen molar-refractivity contribution in [3.05, 3.63) is 100 Å². The van der Waals surface area contributed by atoms with Gasteiger partial charge in [-0.25, -0.2) is 14.1 Å². The van der Waals surface area contributed by atoms with E-state index in [9.17, 15) is 14.0 Å². The van der Waals surface area contributed by atoms with E-state index in [1.54, 1.807) is 24.3 Å². The zero-order chi connectivity index (χ0) is 21.1. The topological polar surface area (TPSA) is 64.0 Å². The molecule has 1 N–H and O–H groups in total. The van der Waals surface area contributed by atoms with Crippen LogP contribution in [0.3, 0.4) is 0 Å². The molecule has 0 radical (unpaired) electrons. The molecule has 150 valence electrons. The normalized spacial score (nSPS) is 10.9. The quantitative estimate of drug-likeness (QED) is 0.548. The fourth-order valence-electron chi connectivity index (χ4n) is 3.45. The lowest BCUT2D eigenvalue weighted by atomic mass is 10.0. The van der Waals surface area contributed by atoms with Crippen molar-refractivity contribution in [3.8, 4) is 11.1 Å². The van der Waals surface area contributed by atoms with Gasteiger partial charge in [0.2, 0.25) is 5.91 Å². The number of benzene rings is 3. The summed E-state index contributed by atoms with van der Waals surface area (Å²) < 4.78 is 14.6. The van der Waals surface area contributed by atoms with Gasteiger partial charge in [-0.05, 0) is 29.3 Å². The third kappa shape index (κ3) is 3.85. The molecule has 1 aromatic heterocycles. The van der Waals surface area contributed by atoms with Crippen LogP contribution in [-0.4, -0.2) is 15.6 Å². The standard InChI is InChI=1S/C24H20FN3O2/c1-2-21-26-23-19(17-9-4-3-5-10-17)12-7-13-20(23)24(30)28(21)27-22(29)15-16-8-6-11-18(25)14-16/h3-14H,2,15H2,1H3,(H,27,29). The Morgan fingerprint density at radius 2 is 1.80 bits per heavy atom. The fourth-order valence-corrected chi connectivity index (χ4v) is 3.45. The summed E-state index contributed by atoms with van der Waals surface area (Å²) in [7, 11) is 0. The third-order valence-corrected chi connectivity index (χ3v) is 4.86. The van der Waals surface area contributed by atoms with Gasteiger partial charge >= 0.3 is 0 Å². The van der Waals surface area contributed by atoms with Crippen molar-refractivity contribution in [1.29, 1.82) is 0 Å². The van der Waals surface area contributed by atoms with Crippen molar-refractivity contribution in [3.63, 3.8) is 0 Å². The highest BCUT2D eigenvalue weighted by Gasteiger charge is 2.15. The number of carbonyl (C=O) groups is 1. The Labute approximate surface area is 172 Å². The number of halogens is 1.